The van der Waals surface area contributed by atoms with Gasteiger partial charge in [0.1, 0.15) is 12.4 Å². The van der Waals surface area contributed by atoms with E-state index in [9.17, 15) is 14.9 Å². The molecule has 2 aromatic rings. The van der Waals surface area contributed by atoms with Crippen LogP contribution in [0.1, 0.15) is 31.4 Å². The normalized spacial score (nSPS) is 11.9. The van der Waals surface area contributed by atoms with E-state index in [0.29, 0.717) is 24.4 Å². The lowest BCUT2D eigenvalue weighted by molar-refractivity contribution is -0.385. The van der Waals surface area contributed by atoms with Gasteiger partial charge in [0, 0.05) is 18.0 Å². The summed E-state index contributed by atoms with van der Waals surface area (Å²) in [5, 5.41) is 18.0. The molecule has 0 saturated carbocycles. The summed E-state index contributed by atoms with van der Waals surface area (Å²) in [6.07, 6.45) is 3.42. The molecule has 0 aliphatic rings. The van der Waals surface area contributed by atoms with Crippen molar-refractivity contribution in [3.63, 3.8) is 0 Å². The van der Waals surface area contributed by atoms with Gasteiger partial charge in [-0.2, -0.15) is 5.10 Å². The van der Waals surface area contributed by atoms with Gasteiger partial charge < -0.3 is 5.32 Å². The molecule has 2 rings (SSSR count). The number of hydrogen-bond acceptors (Lipinski definition) is 4. The molecule has 1 aromatic carbocycles. The maximum Gasteiger partial charge on any atom is 0.306 e. The van der Waals surface area contributed by atoms with Gasteiger partial charge in [0.15, 0.2) is 0 Å². The maximum absolute atomic E-state index is 11.9. The molecule has 8 heteroatoms. The Labute approximate surface area is 138 Å². The van der Waals surface area contributed by atoms with Crippen LogP contribution < -0.4 is 5.32 Å². The first-order valence-electron chi connectivity index (χ1n) is 7.17. The van der Waals surface area contributed by atoms with Crippen molar-refractivity contribution in [2.75, 3.05) is 0 Å². The number of carbonyl (C=O) groups is 1. The number of benzene rings is 1. The third kappa shape index (κ3) is 5.07. The topological polar surface area (TPSA) is 90.1 Å². The number of rotatable bonds is 7. The van der Waals surface area contributed by atoms with Crippen LogP contribution in [0.2, 0.25) is 5.02 Å². The highest BCUT2D eigenvalue weighted by Gasteiger charge is 2.11. The first-order chi connectivity index (χ1) is 11.0. The summed E-state index contributed by atoms with van der Waals surface area (Å²) in [5.74, 6) is -0.0841. The third-order valence-corrected chi connectivity index (χ3v) is 3.58. The van der Waals surface area contributed by atoms with E-state index in [1.165, 1.54) is 17.1 Å². The van der Waals surface area contributed by atoms with E-state index in [2.05, 4.69) is 10.4 Å². The van der Waals surface area contributed by atoms with Gasteiger partial charge in [-0.15, -0.1) is 0 Å². The van der Waals surface area contributed by atoms with E-state index in [0.717, 1.165) is 5.56 Å². The number of nitro groups is 1. The molecule has 1 unspecified atom stereocenters. The predicted molar refractivity (Wildman–Crippen MR) is 86.1 cm³/mol. The zero-order chi connectivity index (χ0) is 16.8. The van der Waals surface area contributed by atoms with E-state index in [1.54, 1.807) is 6.07 Å². The summed E-state index contributed by atoms with van der Waals surface area (Å²) in [5.41, 5.74) is 0.887. The fourth-order valence-electron chi connectivity index (χ4n) is 2.14. The van der Waals surface area contributed by atoms with E-state index in [1.807, 2.05) is 25.1 Å². The van der Waals surface area contributed by atoms with E-state index < -0.39 is 4.92 Å². The van der Waals surface area contributed by atoms with Gasteiger partial charge in [-0.1, -0.05) is 23.7 Å². The summed E-state index contributed by atoms with van der Waals surface area (Å²) in [6, 6.07) is 7.20. The van der Waals surface area contributed by atoms with Crippen molar-refractivity contribution < 1.29 is 9.72 Å². The Hall–Kier alpha value is -2.41. The SMILES string of the molecule is CC(NC(=O)CCCn1cc([N+](=O)[O-])cn1)c1cccc(Cl)c1. The lowest BCUT2D eigenvalue weighted by Gasteiger charge is -2.14. The Morgan fingerprint density at radius 1 is 1.52 bits per heavy atom. The van der Waals surface area contributed by atoms with Crippen molar-refractivity contribution in [2.24, 2.45) is 0 Å². The molecule has 0 aliphatic carbocycles. The molecule has 0 bridgehead atoms. The van der Waals surface area contributed by atoms with E-state index in [-0.39, 0.29) is 17.6 Å². The molecule has 1 heterocycles. The average Bonchev–Trinajstić information content (AvgIpc) is 2.96. The van der Waals surface area contributed by atoms with Gasteiger partial charge in [0.25, 0.3) is 0 Å². The van der Waals surface area contributed by atoms with Gasteiger partial charge in [0.2, 0.25) is 5.91 Å². The summed E-state index contributed by atoms with van der Waals surface area (Å²) in [7, 11) is 0. The monoisotopic (exact) mass is 336 g/mol. The van der Waals surface area contributed by atoms with E-state index in [4.69, 9.17) is 11.6 Å². The van der Waals surface area contributed by atoms with Crippen LogP contribution in [-0.2, 0) is 11.3 Å². The van der Waals surface area contributed by atoms with Crippen LogP contribution in [-0.4, -0.2) is 20.6 Å². The smallest absolute Gasteiger partial charge is 0.306 e. The molecule has 1 atom stereocenters. The number of amides is 1. The molecule has 0 spiro atoms. The molecule has 0 aliphatic heterocycles. The number of hydrogen-bond donors (Lipinski definition) is 1. The molecule has 7 nitrogen and oxygen atoms in total. The molecule has 1 aromatic heterocycles. The van der Waals surface area contributed by atoms with Crippen LogP contribution in [0, 0.1) is 10.1 Å². The number of nitrogens with one attached hydrogen (secondary N) is 1. The van der Waals surface area contributed by atoms with Gasteiger partial charge in [0.05, 0.1) is 11.0 Å². The first kappa shape index (κ1) is 17.0. The van der Waals surface area contributed by atoms with E-state index >= 15 is 0 Å². The molecule has 1 amide bonds. The first-order valence-corrected chi connectivity index (χ1v) is 7.55. The third-order valence-electron chi connectivity index (χ3n) is 3.35. The van der Waals surface area contributed by atoms with Crippen molar-refractivity contribution in [1.29, 1.82) is 0 Å². The number of carbonyl (C=O) groups excluding carboxylic acids is 1. The number of nitrogens with zero attached hydrogens (tertiary/aromatic N) is 3. The van der Waals surface area contributed by atoms with Crippen molar-refractivity contribution >= 4 is 23.2 Å². The maximum atomic E-state index is 11.9. The molecule has 23 heavy (non-hydrogen) atoms. The van der Waals surface area contributed by atoms with Crippen molar-refractivity contribution in [1.82, 2.24) is 15.1 Å². The lowest BCUT2D eigenvalue weighted by atomic mass is 10.1. The molecular formula is C15H17ClN4O3. The van der Waals surface area contributed by atoms with Crippen LogP contribution in [0.25, 0.3) is 0 Å². The average molecular weight is 337 g/mol. The highest BCUT2D eigenvalue weighted by atomic mass is 35.5. The summed E-state index contributed by atoms with van der Waals surface area (Å²) in [6.45, 7) is 2.34. The Morgan fingerprint density at radius 3 is 2.96 bits per heavy atom. The zero-order valence-corrected chi connectivity index (χ0v) is 13.4. The molecule has 122 valence electrons. The molecule has 0 radical (unpaired) electrons. The Bertz CT molecular complexity index is 702. The summed E-state index contributed by atoms with van der Waals surface area (Å²) in [4.78, 5) is 22.0. The van der Waals surface area contributed by atoms with Crippen LogP contribution in [0.3, 0.4) is 0 Å². The number of halogens is 1. The fourth-order valence-corrected chi connectivity index (χ4v) is 2.34. The summed E-state index contributed by atoms with van der Waals surface area (Å²) < 4.78 is 1.46. The van der Waals surface area contributed by atoms with Crippen LogP contribution in [0.15, 0.2) is 36.7 Å². The Morgan fingerprint density at radius 2 is 2.30 bits per heavy atom. The highest BCUT2D eigenvalue weighted by Crippen LogP contribution is 2.17. The quantitative estimate of drug-likeness (QED) is 0.621. The van der Waals surface area contributed by atoms with Crippen molar-refractivity contribution in [3.8, 4) is 0 Å². The Balaban J connectivity index is 1.77. The minimum absolute atomic E-state index is 0.0518. The molecule has 1 N–H and O–H groups in total. The summed E-state index contributed by atoms with van der Waals surface area (Å²) >= 11 is 5.93. The predicted octanol–water partition coefficient (Wildman–Crippen LogP) is 3.10. The van der Waals surface area contributed by atoms with Crippen LogP contribution >= 0.6 is 11.6 Å². The number of aromatic nitrogens is 2. The van der Waals surface area contributed by atoms with Gasteiger partial charge in [-0.05, 0) is 31.0 Å². The Kier molecular flexibility index (Phi) is 5.70. The molecule has 0 saturated heterocycles. The molecular weight excluding hydrogens is 320 g/mol. The zero-order valence-electron chi connectivity index (χ0n) is 12.6. The minimum Gasteiger partial charge on any atom is -0.350 e. The minimum atomic E-state index is -0.497. The van der Waals surface area contributed by atoms with Gasteiger partial charge >= 0.3 is 5.69 Å². The van der Waals surface area contributed by atoms with Crippen LogP contribution in [0.5, 0.6) is 0 Å². The van der Waals surface area contributed by atoms with Gasteiger partial charge in [-0.3, -0.25) is 19.6 Å². The fraction of sp³-hybridized carbons (Fsp3) is 0.333. The number of aryl methyl sites for hydroxylation is 1. The second-order valence-electron chi connectivity index (χ2n) is 5.17. The largest absolute Gasteiger partial charge is 0.350 e. The van der Waals surface area contributed by atoms with Crippen molar-refractivity contribution in [3.05, 3.63) is 57.4 Å². The lowest BCUT2D eigenvalue weighted by Crippen LogP contribution is -2.26. The molecule has 0 fully saturated rings. The van der Waals surface area contributed by atoms with Crippen LogP contribution in [0.4, 0.5) is 5.69 Å². The standard InChI is InChI=1S/C15H17ClN4O3/c1-11(12-4-2-5-13(16)8-12)18-15(21)6-3-7-19-10-14(9-17-19)20(22)23/h2,4-5,8-11H,3,6-7H2,1H3,(H,18,21). The highest BCUT2D eigenvalue weighted by molar-refractivity contribution is 6.30. The second-order valence-corrected chi connectivity index (χ2v) is 5.60. The second kappa shape index (κ2) is 7.73. The van der Waals surface area contributed by atoms with Gasteiger partial charge in [-0.25, -0.2) is 0 Å². The van der Waals surface area contributed by atoms with Crippen molar-refractivity contribution in [2.45, 2.75) is 32.4 Å².